The SMILES string of the molecule is C=C(CCC)c1c(NC)sc2c1CCCC2C. The number of allylic oxidation sites excluding steroid dienone is 1. The molecule has 1 atom stereocenters. The van der Waals surface area contributed by atoms with E-state index in [1.807, 2.05) is 18.4 Å². The molecule has 2 heteroatoms. The molecular formula is C15H23NS. The fourth-order valence-electron chi connectivity index (χ4n) is 2.82. The Morgan fingerprint density at radius 1 is 1.53 bits per heavy atom. The topological polar surface area (TPSA) is 12.0 Å². The highest BCUT2D eigenvalue weighted by Crippen LogP contribution is 2.46. The molecule has 1 aromatic rings. The summed E-state index contributed by atoms with van der Waals surface area (Å²) in [6, 6.07) is 0. The third-order valence-electron chi connectivity index (χ3n) is 3.68. The fourth-order valence-corrected chi connectivity index (χ4v) is 4.16. The molecule has 1 aliphatic rings. The van der Waals surface area contributed by atoms with Crippen LogP contribution in [0.15, 0.2) is 6.58 Å². The van der Waals surface area contributed by atoms with Crippen molar-refractivity contribution in [2.75, 3.05) is 12.4 Å². The van der Waals surface area contributed by atoms with E-state index in [-0.39, 0.29) is 0 Å². The maximum Gasteiger partial charge on any atom is 0.0962 e. The standard InChI is InChI=1S/C15H23NS/c1-5-7-10(2)13-12-9-6-8-11(3)14(12)17-15(13)16-4/h11,16H,2,5-9H2,1,3-4H3. The number of hydrogen-bond acceptors (Lipinski definition) is 2. The first-order chi connectivity index (χ1) is 8.19. The molecule has 1 aliphatic carbocycles. The predicted octanol–water partition coefficient (Wildman–Crippen LogP) is 5.04. The van der Waals surface area contributed by atoms with Crippen LogP contribution < -0.4 is 5.32 Å². The van der Waals surface area contributed by atoms with Gasteiger partial charge in [0.25, 0.3) is 0 Å². The molecule has 1 unspecified atom stereocenters. The number of thiophene rings is 1. The van der Waals surface area contributed by atoms with Crippen LogP contribution in [0.3, 0.4) is 0 Å². The monoisotopic (exact) mass is 249 g/mol. The third-order valence-corrected chi connectivity index (χ3v) is 5.16. The molecule has 1 aromatic heterocycles. The van der Waals surface area contributed by atoms with E-state index in [0.29, 0.717) is 0 Å². The van der Waals surface area contributed by atoms with Gasteiger partial charge in [0.05, 0.1) is 5.00 Å². The third kappa shape index (κ3) is 2.28. The highest BCUT2D eigenvalue weighted by molar-refractivity contribution is 7.16. The Labute approximate surface area is 109 Å². The summed E-state index contributed by atoms with van der Waals surface area (Å²) in [7, 11) is 2.03. The molecule has 0 amide bonds. The van der Waals surface area contributed by atoms with Crippen LogP contribution in [-0.4, -0.2) is 7.05 Å². The second-order valence-electron chi connectivity index (χ2n) is 5.05. The smallest absolute Gasteiger partial charge is 0.0962 e. The van der Waals surface area contributed by atoms with Gasteiger partial charge in [-0.1, -0.05) is 26.8 Å². The van der Waals surface area contributed by atoms with Crippen molar-refractivity contribution in [3.63, 3.8) is 0 Å². The van der Waals surface area contributed by atoms with E-state index < -0.39 is 0 Å². The minimum absolute atomic E-state index is 0.735. The van der Waals surface area contributed by atoms with E-state index >= 15 is 0 Å². The van der Waals surface area contributed by atoms with Crippen LogP contribution in [0.5, 0.6) is 0 Å². The summed E-state index contributed by atoms with van der Waals surface area (Å²) in [5, 5.41) is 4.71. The highest BCUT2D eigenvalue weighted by Gasteiger charge is 2.25. The Balaban J connectivity index is 2.45. The minimum atomic E-state index is 0.735. The fraction of sp³-hybridized carbons (Fsp3) is 0.600. The zero-order valence-electron chi connectivity index (χ0n) is 11.2. The summed E-state index contributed by atoms with van der Waals surface area (Å²) in [6.45, 7) is 8.88. The van der Waals surface area contributed by atoms with Gasteiger partial charge in [-0.3, -0.25) is 0 Å². The molecule has 2 rings (SSSR count). The van der Waals surface area contributed by atoms with Gasteiger partial charge >= 0.3 is 0 Å². The molecular weight excluding hydrogens is 226 g/mol. The Bertz CT molecular complexity index is 417. The van der Waals surface area contributed by atoms with Gasteiger partial charge in [0, 0.05) is 17.5 Å². The van der Waals surface area contributed by atoms with Gasteiger partial charge in [-0.2, -0.15) is 0 Å². The molecule has 0 radical (unpaired) electrons. The average Bonchev–Trinajstić information content (AvgIpc) is 2.69. The first-order valence-electron chi connectivity index (χ1n) is 6.70. The Morgan fingerprint density at radius 2 is 2.29 bits per heavy atom. The number of rotatable bonds is 4. The van der Waals surface area contributed by atoms with Crippen molar-refractivity contribution in [1.82, 2.24) is 0 Å². The van der Waals surface area contributed by atoms with Crippen molar-refractivity contribution in [3.8, 4) is 0 Å². The quantitative estimate of drug-likeness (QED) is 0.788. The van der Waals surface area contributed by atoms with Crippen molar-refractivity contribution in [2.45, 2.75) is 51.9 Å². The van der Waals surface area contributed by atoms with Crippen LogP contribution in [0.25, 0.3) is 5.57 Å². The van der Waals surface area contributed by atoms with E-state index in [9.17, 15) is 0 Å². The maximum absolute atomic E-state index is 4.30. The molecule has 1 nitrogen and oxygen atoms in total. The number of nitrogens with one attached hydrogen (secondary N) is 1. The summed E-state index contributed by atoms with van der Waals surface area (Å²) < 4.78 is 0. The van der Waals surface area contributed by atoms with E-state index in [1.165, 1.54) is 41.8 Å². The Morgan fingerprint density at radius 3 is 2.94 bits per heavy atom. The lowest BCUT2D eigenvalue weighted by Crippen LogP contribution is -2.05. The van der Waals surface area contributed by atoms with Gasteiger partial charge in [-0.25, -0.2) is 0 Å². The highest BCUT2D eigenvalue weighted by atomic mass is 32.1. The zero-order chi connectivity index (χ0) is 12.4. The number of anilines is 1. The second kappa shape index (κ2) is 5.26. The minimum Gasteiger partial charge on any atom is -0.379 e. The van der Waals surface area contributed by atoms with Gasteiger partial charge < -0.3 is 5.32 Å². The molecule has 0 aliphatic heterocycles. The first-order valence-corrected chi connectivity index (χ1v) is 7.52. The number of hydrogen-bond donors (Lipinski definition) is 1. The molecule has 0 aromatic carbocycles. The molecule has 0 saturated carbocycles. The molecule has 17 heavy (non-hydrogen) atoms. The average molecular weight is 249 g/mol. The van der Waals surface area contributed by atoms with Crippen molar-refractivity contribution >= 4 is 21.9 Å². The van der Waals surface area contributed by atoms with Crippen LogP contribution in [0.1, 0.15) is 61.5 Å². The molecule has 0 fully saturated rings. The van der Waals surface area contributed by atoms with Crippen LogP contribution in [0, 0.1) is 0 Å². The van der Waals surface area contributed by atoms with Gasteiger partial charge in [-0.15, -0.1) is 11.3 Å². The van der Waals surface area contributed by atoms with Gasteiger partial charge in [0.2, 0.25) is 0 Å². The largest absolute Gasteiger partial charge is 0.379 e. The molecule has 0 bridgehead atoms. The van der Waals surface area contributed by atoms with Crippen LogP contribution in [0.2, 0.25) is 0 Å². The summed E-state index contributed by atoms with van der Waals surface area (Å²) in [5.74, 6) is 0.735. The molecule has 0 saturated heterocycles. The van der Waals surface area contributed by atoms with Gasteiger partial charge in [0.15, 0.2) is 0 Å². The molecule has 0 spiro atoms. The Hall–Kier alpha value is -0.760. The van der Waals surface area contributed by atoms with Crippen LogP contribution in [-0.2, 0) is 6.42 Å². The number of fused-ring (bicyclic) bond motifs is 1. The van der Waals surface area contributed by atoms with Crippen molar-refractivity contribution in [1.29, 1.82) is 0 Å². The van der Waals surface area contributed by atoms with Crippen LogP contribution in [0.4, 0.5) is 5.00 Å². The normalized spacial score (nSPS) is 18.9. The molecule has 1 heterocycles. The maximum atomic E-state index is 4.30. The predicted molar refractivity (Wildman–Crippen MR) is 79.2 cm³/mol. The lowest BCUT2D eigenvalue weighted by Gasteiger charge is -2.19. The van der Waals surface area contributed by atoms with Crippen LogP contribution >= 0.6 is 11.3 Å². The van der Waals surface area contributed by atoms with Gasteiger partial charge in [0.1, 0.15) is 0 Å². The van der Waals surface area contributed by atoms with E-state index in [4.69, 9.17) is 0 Å². The summed E-state index contributed by atoms with van der Waals surface area (Å²) in [6.07, 6.45) is 6.22. The summed E-state index contributed by atoms with van der Waals surface area (Å²) >= 11 is 1.95. The summed E-state index contributed by atoms with van der Waals surface area (Å²) in [4.78, 5) is 1.60. The van der Waals surface area contributed by atoms with Crippen molar-refractivity contribution in [3.05, 3.63) is 22.6 Å². The van der Waals surface area contributed by atoms with E-state index in [2.05, 4.69) is 25.7 Å². The lowest BCUT2D eigenvalue weighted by atomic mass is 9.86. The molecule has 1 N–H and O–H groups in total. The zero-order valence-corrected chi connectivity index (χ0v) is 12.0. The summed E-state index contributed by atoms with van der Waals surface area (Å²) in [5.41, 5.74) is 4.36. The van der Waals surface area contributed by atoms with Crippen molar-refractivity contribution in [2.24, 2.45) is 0 Å². The first kappa shape index (κ1) is 12.7. The molecule has 94 valence electrons. The van der Waals surface area contributed by atoms with Crippen molar-refractivity contribution < 1.29 is 0 Å². The Kier molecular flexibility index (Phi) is 3.93. The van der Waals surface area contributed by atoms with E-state index in [0.717, 1.165) is 12.3 Å². The van der Waals surface area contributed by atoms with E-state index in [1.54, 1.807) is 10.4 Å². The second-order valence-corrected chi connectivity index (χ2v) is 6.10. The van der Waals surface area contributed by atoms with Gasteiger partial charge in [-0.05, 0) is 42.7 Å². The lowest BCUT2D eigenvalue weighted by molar-refractivity contribution is 0.601.